The molecule has 162 valence electrons. The molecule has 0 spiro atoms. The number of anilines is 1. The molecule has 7 heteroatoms. The summed E-state index contributed by atoms with van der Waals surface area (Å²) in [7, 11) is 3.23. The number of carbonyl (C=O) groups is 1. The van der Waals surface area contributed by atoms with E-state index < -0.39 is 0 Å². The van der Waals surface area contributed by atoms with Crippen molar-refractivity contribution in [3.8, 4) is 22.9 Å². The number of hydrogen-bond donors (Lipinski definition) is 1. The van der Waals surface area contributed by atoms with Crippen LogP contribution in [0.15, 0.2) is 78.9 Å². The lowest BCUT2D eigenvalue weighted by molar-refractivity contribution is 0.0901. The van der Waals surface area contributed by atoms with Crippen LogP contribution in [-0.4, -0.2) is 34.9 Å². The van der Waals surface area contributed by atoms with E-state index in [1.807, 2.05) is 78.9 Å². The molecule has 0 radical (unpaired) electrons. The summed E-state index contributed by atoms with van der Waals surface area (Å²) in [4.78, 5) is 17.7. The van der Waals surface area contributed by atoms with E-state index in [0.717, 1.165) is 28.2 Å². The van der Waals surface area contributed by atoms with Gasteiger partial charge in [-0.3, -0.25) is 4.79 Å². The van der Waals surface area contributed by atoms with Gasteiger partial charge < -0.3 is 14.8 Å². The molecule has 4 aromatic rings. The molecule has 32 heavy (non-hydrogen) atoms. The maximum absolute atomic E-state index is 13.1. The van der Waals surface area contributed by atoms with Gasteiger partial charge in [0.25, 0.3) is 5.91 Å². The molecule has 1 N–H and O–H groups in total. The smallest absolute Gasteiger partial charge is 0.254 e. The van der Waals surface area contributed by atoms with E-state index in [1.54, 1.807) is 14.2 Å². The van der Waals surface area contributed by atoms with Crippen molar-refractivity contribution in [3.63, 3.8) is 0 Å². The Bertz CT molecular complexity index is 1170. The summed E-state index contributed by atoms with van der Waals surface area (Å²) >= 11 is 0. The highest BCUT2D eigenvalue weighted by molar-refractivity contribution is 5.83. The largest absolute Gasteiger partial charge is 0.497 e. The molecule has 0 fully saturated rings. The van der Waals surface area contributed by atoms with Gasteiger partial charge in [0.1, 0.15) is 11.5 Å². The van der Waals surface area contributed by atoms with Crippen LogP contribution in [0.5, 0.6) is 11.5 Å². The molecule has 0 saturated heterocycles. The Morgan fingerprint density at radius 2 is 1.47 bits per heavy atom. The van der Waals surface area contributed by atoms with Gasteiger partial charge in [-0.15, -0.1) is 5.10 Å². The zero-order chi connectivity index (χ0) is 22.3. The van der Waals surface area contributed by atoms with Crippen LogP contribution in [0.25, 0.3) is 11.4 Å². The molecule has 1 aromatic heterocycles. The summed E-state index contributed by atoms with van der Waals surface area (Å²) in [6, 6.07) is 24.8. The molecular formula is C25H24N4O3. The SMILES string of the molecule is COc1ccc(CC(=O)n2nc(-c3ccc(OC)cc3)nc2NCc2ccccc2)cc1. The van der Waals surface area contributed by atoms with Crippen molar-refractivity contribution in [1.82, 2.24) is 14.8 Å². The number of hydrogen-bond acceptors (Lipinski definition) is 6. The van der Waals surface area contributed by atoms with E-state index in [9.17, 15) is 4.79 Å². The third-order valence-corrected chi connectivity index (χ3v) is 5.00. The van der Waals surface area contributed by atoms with E-state index in [1.165, 1.54) is 4.68 Å². The molecule has 0 aliphatic rings. The number of methoxy groups -OCH3 is 2. The Balaban J connectivity index is 1.60. The highest BCUT2D eigenvalue weighted by atomic mass is 16.5. The van der Waals surface area contributed by atoms with Crippen LogP contribution in [0.4, 0.5) is 5.95 Å². The van der Waals surface area contributed by atoms with Gasteiger partial charge in [-0.05, 0) is 47.5 Å². The average Bonchev–Trinajstić information content (AvgIpc) is 3.28. The Labute approximate surface area is 186 Å². The summed E-state index contributed by atoms with van der Waals surface area (Å²) in [5.41, 5.74) is 2.74. The molecule has 0 amide bonds. The highest BCUT2D eigenvalue weighted by Crippen LogP contribution is 2.22. The Morgan fingerprint density at radius 1 is 0.844 bits per heavy atom. The van der Waals surface area contributed by atoms with Crippen LogP contribution in [0.3, 0.4) is 0 Å². The maximum Gasteiger partial charge on any atom is 0.254 e. The van der Waals surface area contributed by atoms with E-state index in [-0.39, 0.29) is 12.3 Å². The predicted molar refractivity (Wildman–Crippen MR) is 123 cm³/mol. The number of carbonyl (C=O) groups excluding carboxylic acids is 1. The quantitative estimate of drug-likeness (QED) is 0.447. The van der Waals surface area contributed by atoms with E-state index in [0.29, 0.717) is 18.3 Å². The second kappa shape index (κ2) is 9.78. The lowest BCUT2D eigenvalue weighted by atomic mass is 10.1. The summed E-state index contributed by atoms with van der Waals surface area (Å²) < 4.78 is 11.8. The van der Waals surface area contributed by atoms with Gasteiger partial charge in [-0.2, -0.15) is 9.67 Å². The van der Waals surface area contributed by atoms with Crippen molar-refractivity contribution in [2.24, 2.45) is 0 Å². The molecule has 0 unspecified atom stereocenters. The Morgan fingerprint density at radius 3 is 2.09 bits per heavy atom. The Kier molecular flexibility index (Phi) is 6.46. The monoisotopic (exact) mass is 428 g/mol. The minimum atomic E-state index is -0.182. The van der Waals surface area contributed by atoms with Crippen molar-refractivity contribution in [1.29, 1.82) is 0 Å². The summed E-state index contributed by atoms with van der Waals surface area (Å²) in [5, 5.41) is 7.76. The first-order chi connectivity index (χ1) is 15.7. The van der Waals surface area contributed by atoms with Crippen molar-refractivity contribution in [2.75, 3.05) is 19.5 Å². The number of nitrogens with zero attached hydrogens (tertiary/aromatic N) is 3. The number of aromatic nitrogens is 3. The first-order valence-corrected chi connectivity index (χ1v) is 10.2. The second-order valence-electron chi connectivity index (χ2n) is 7.16. The number of nitrogens with one attached hydrogen (secondary N) is 1. The zero-order valence-corrected chi connectivity index (χ0v) is 18.0. The Hall–Kier alpha value is -4.13. The minimum Gasteiger partial charge on any atom is -0.497 e. The third kappa shape index (κ3) is 4.95. The molecule has 0 aliphatic carbocycles. The van der Waals surface area contributed by atoms with Gasteiger partial charge in [0.15, 0.2) is 5.82 Å². The standard InChI is InChI=1S/C25H24N4O3/c1-31-21-12-8-18(9-13-21)16-23(30)29-25(26-17-19-6-4-3-5-7-19)27-24(28-29)20-10-14-22(32-2)15-11-20/h3-15H,16-17H2,1-2H3,(H,26,27,28). The lowest BCUT2D eigenvalue weighted by Crippen LogP contribution is -2.18. The molecule has 0 bridgehead atoms. The van der Waals surface area contributed by atoms with Gasteiger partial charge in [0.05, 0.1) is 20.6 Å². The van der Waals surface area contributed by atoms with Gasteiger partial charge in [0.2, 0.25) is 5.95 Å². The molecule has 1 heterocycles. The summed E-state index contributed by atoms with van der Waals surface area (Å²) in [5.74, 6) is 2.17. The van der Waals surface area contributed by atoms with Crippen molar-refractivity contribution >= 4 is 11.9 Å². The van der Waals surface area contributed by atoms with Gasteiger partial charge in [-0.25, -0.2) is 0 Å². The van der Waals surface area contributed by atoms with Crippen LogP contribution in [0.1, 0.15) is 15.9 Å². The topological polar surface area (TPSA) is 78.3 Å². The molecule has 0 atom stereocenters. The van der Waals surface area contributed by atoms with Crippen molar-refractivity contribution in [2.45, 2.75) is 13.0 Å². The number of benzene rings is 3. The van der Waals surface area contributed by atoms with Gasteiger partial charge in [-0.1, -0.05) is 42.5 Å². The second-order valence-corrected chi connectivity index (χ2v) is 7.16. The molecular weight excluding hydrogens is 404 g/mol. The summed E-state index contributed by atoms with van der Waals surface area (Å²) in [6.45, 7) is 0.525. The third-order valence-electron chi connectivity index (χ3n) is 5.00. The van der Waals surface area contributed by atoms with Crippen molar-refractivity contribution < 1.29 is 14.3 Å². The van der Waals surface area contributed by atoms with Crippen molar-refractivity contribution in [3.05, 3.63) is 90.0 Å². The fraction of sp³-hybridized carbons (Fsp3) is 0.160. The molecule has 3 aromatic carbocycles. The van der Waals surface area contributed by atoms with Gasteiger partial charge in [0, 0.05) is 12.1 Å². The zero-order valence-electron chi connectivity index (χ0n) is 18.0. The fourth-order valence-corrected chi connectivity index (χ4v) is 3.23. The molecule has 7 nitrogen and oxygen atoms in total. The summed E-state index contributed by atoms with van der Waals surface area (Å²) in [6.07, 6.45) is 0.190. The van der Waals surface area contributed by atoms with Crippen LogP contribution >= 0.6 is 0 Å². The molecule has 0 saturated carbocycles. The molecule has 4 rings (SSSR count). The number of ether oxygens (including phenoxy) is 2. The van der Waals surface area contributed by atoms with Crippen LogP contribution in [0.2, 0.25) is 0 Å². The average molecular weight is 428 g/mol. The van der Waals surface area contributed by atoms with Crippen LogP contribution in [0, 0.1) is 0 Å². The predicted octanol–water partition coefficient (Wildman–Crippen LogP) is 4.46. The normalized spacial score (nSPS) is 10.6. The van der Waals surface area contributed by atoms with Crippen LogP contribution < -0.4 is 14.8 Å². The van der Waals surface area contributed by atoms with Crippen LogP contribution in [-0.2, 0) is 13.0 Å². The van der Waals surface area contributed by atoms with Gasteiger partial charge >= 0.3 is 0 Å². The van der Waals surface area contributed by atoms with E-state index >= 15 is 0 Å². The maximum atomic E-state index is 13.1. The lowest BCUT2D eigenvalue weighted by Gasteiger charge is -2.08. The fourth-order valence-electron chi connectivity index (χ4n) is 3.23. The first kappa shape index (κ1) is 21.1. The van der Waals surface area contributed by atoms with E-state index in [4.69, 9.17) is 9.47 Å². The molecule has 0 aliphatic heterocycles. The highest BCUT2D eigenvalue weighted by Gasteiger charge is 2.18. The number of rotatable bonds is 8. The first-order valence-electron chi connectivity index (χ1n) is 10.2. The minimum absolute atomic E-state index is 0.182. The van der Waals surface area contributed by atoms with E-state index in [2.05, 4.69) is 15.4 Å².